The molecule has 10 nitrogen and oxygen atoms in total. The molecule has 0 saturated heterocycles. The summed E-state index contributed by atoms with van der Waals surface area (Å²) in [4.78, 5) is 46.2. The lowest BCUT2D eigenvalue weighted by molar-refractivity contribution is -0.144. The molecule has 2 amide bonds. The molecule has 0 aromatic heterocycles. The van der Waals surface area contributed by atoms with Crippen molar-refractivity contribution in [2.75, 3.05) is 18.6 Å². The highest BCUT2D eigenvalue weighted by atomic mass is 127. The Morgan fingerprint density at radius 1 is 0.791 bits per heavy atom. The van der Waals surface area contributed by atoms with Gasteiger partial charge < -0.3 is 29.6 Å². The number of carbonyl (C=O) groups is 4. The van der Waals surface area contributed by atoms with E-state index in [4.69, 9.17) is 14.2 Å². The first-order valence-corrected chi connectivity index (χ1v) is 15.1. The van der Waals surface area contributed by atoms with Crippen LogP contribution in [0.1, 0.15) is 37.8 Å². The van der Waals surface area contributed by atoms with E-state index >= 15 is 0 Å². The Morgan fingerprint density at radius 3 is 1.60 bits per heavy atom. The normalized spacial score (nSPS) is 11.7. The van der Waals surface area contributed by atoms with Crippen molar-refractivity contribution in [2.24, 2.45) is 5.92 Å². The van der Waals surface area contributed by atoms with Crippen molar-refractivity contribution in [2.45, 2.75) is 52.0 Å². The van der Waals surface area contributed by atoms with Gasteiger partial charge in [-0.1, -0.05) is 109 Å². The molecule has 0 aliphatic rings. The molecule has 0 aliphatic heterocycles. The van der Waals surface area contributed by atoms with Gasteiger partial charge in [0.1, 0.15) is 25.3 Å². The first-order chi connectivity index (χ1) is 20.7. The maximum atomic E-state index is 11.8. The fourth-order valence-electron chi connectivity index (χ4n) is 3.23. The highest BCUT2D eigenvalue weighted by molar-refractivity contribution is 14.1. The minimum absolute atomic E-state index is 0.126. The molecular weight excluding hydrogens is 667 g/mol. The second-order valence-corrected chi connectivity index (χ2v) is 9.72. The van der Waals surface area contributed by atoms with Crippen LogP contribution < -0.4 is 10.6 Å². The predicted octanol–water partition coefficient (Wildman–Crippen LogP) is 6.14. The van der Waals surface area contributed by atoms with Crippen molar-refractivity contribution in [3.63, 3.8) is 0 Å². The van der Waals surface area contributed by atoms with E-state index in [0.717, 1.165) is 15.6 Å². The molecule has 0 saturated carbocycles. The fraction of sp³-hybridized carbons (Fsp3) is 0.375. The highest BCUT2D eigenvalue weighted by Gasteiger charge is 2.27. The van der Waals surface area contributed by atoms with Gasteiger partial charge in [0.05, 0.1) is 14.2 Å². The van der Waals surface area contributed by atoms with Crippen LogP contribution in [-0.2, 0) is 41.8 Å². The second kappa shape index (κ2) is 24.7. The van der Waals surface area contributed by atoms with E-state index in [1.807, 2.05) is 73.7 Å². The zero-order valence-electron chi connectivity index (χ0n) is 25.3. The number of alkyl carbamates (subject to hydrolysis) is 2. The molecule has 0 heterocycles. The zero-order chi connectivity index (χ0) is 32.5. The van der Waals surface area contributed by atoms with Gasteiger partial charge in [-0.3, -0.25) is 0 Å². The number of benzene rings is 2. The number of esters is 2. The van der Waals surface area contributed by atoms with Gasteiger partial charge in [-0.15, -0.1) is 13.2 Å². The average molecular weight is 711 g/mol. The number of hydrogen-bond donors (Lipinski definition) is 2. The molecule has 236 valence electrons. The van der Waals surface area contributed by atoms with Crippen molar-refractivity contribution in [3.05, 3.63) is 97.1 Å². The van der Waals surface area contributed by atoms with Crippen LogP contribution in [0.4, 0.5) is 9.59 Å². The molecule has 11 heteroatoms. The fourth-order valence-corrected chi connectivity index (χ4v) is 3.23. The molecule has 2 aromatic rings. The number of rotatable bonds is 13. The Hall–Kier alpha value is -3.87. The van der Waals surface area contributed by atoms with Gasteiger partial charge in [-0.05, 0) is 29.9 Å². The summed E-state index contributed by atoms with van der Waals surface area (Å²) in [5.74, 6) is -1.10. The van der Waals surface area contributed by atoms with Gasteiger partial charge >= 0.3 is 24.1 Å². The van der Waals surface area contributed by atoms with Gasteiger partial charge in [0, 0.05) is 4.43 Å². The number of hydrogen-bond acceptors (Lipinski definition) is 8. The number of alkyl halides is 1. The molecule has 43 heavy (non-hydrogen) atoms. The van der Waals surface area contributed by atoms with E-state index in [9.17, 15) is 19.2 Å². The molecule has 2 N–H and O–H groups in total. The predicted molar refractivity (Wildman–Crippen MR) is 174 cm³/mol. The minimum atomic E-state index is -0.753. The number of amides is 2. The lowest BCUT2D eigenvalue weighted by Crippen LogP contribution is -2.45. The zero-order valence-corrected chi connectivity index (χ0v) is 27.4. The molecule has 0 spiro atoms. The summed E-state index contributed by atoms with van der Waals surface area (Å²) in [5.41, 5.74) is 1.76. The van der Waals surface area contributed by atoms with Crippen LogP contribution in [0.25, 0.3) is 0 Å². The molecular formula is C32H43IN2O8. The third-order valence-electron chi connectivity index (χ3n) is 5.56. The summed E-state index contributed by atoms with van der Waals surface area (Å²) in [6, 6.07) is 17.2. The van der Waals surface area contributed by atoms with Crippen LogP contribution in [0, 0.1) is 5.92 Å². The molecule has 0 radical (unpaired) electrons. The van der Waals surface area contributed by atoms with E-state index in [2.05, 4.69) is 51.1 Å². The van der Waals surface area contributed by atoms with E-state index < -0.39 is 36.2 Å². The van der Waals surface area contributed by atoms with Crippen LogP contribution in [0.15, 0.2) is 86.0 Å². The quantitative estimate of drug-likeness (QED) is 0.0835. The van der Waals surface area contributed by atoms with E-state index in [1.54, 1.807) is 13.0 Å². The maximum Gasteiger partial charge on any atom is 0.408 e. The third-order valence-corrected chi connectivity index (χ3v) is 6.18. The smallest absolute Gasteiger partial charge is 0.408 e. The lowest BCUT2D eigenvalue weighted by atomic mass is 9.98. The van der Waals surface area contributed by atoms with E-state index in [1.165, 1.54) is 14.2 Å². The number of carbonyl (C=O) groups excluding carboxylic acids is 4. The molecule has 2 aromatic carbocycles. The maximum absolute atomic E-state index is 11.8. The van der Waals surface area contributed by atoms with Gasteiger partial charge in [-0.2, -0.15) is 0 Å². The summed E-state index contributed by atoms with van der Waals surface area (Å²) in [6.07, 6.45) is 3.31. The second-order valence-electron chi connectivity index (χ2n) is 8.84. The van der Waals surface area contributed by atoms with Crippen molar-refractivity contribution in [1.82, 2.24) is 10.6 Å². The van der Waals surface area contributed by atoms with Crippen LogP contribution in [-0.4, -0.2) is 54.9 Å². The monoisotopic (exact) mass is 710 g/mol. The Bertz CT molecular complexity index is 1100. The van der Waals surface area contributed by atoms with Gasteiger partial charge in [0.2, 0.25) is 0 Å². The van der Waals surface area contributed by atoms with Crippen LogP contribution in [0.2, 0.25) is 0 Å². The summed E-state index contributed by atoms with van der Waals surface area (Å²) in [5, 5.41) is 4.99. The summed E-state index contributed by atoms with van der Waals surface area (Å²) >= 11 is 2.23. The summed E-state index contributed by atoms with van der Waals surface area (Å²) in [6.45, 7) is 11.0. The highest BCUT2D eigenvalue weighted by Crippen LogP contribution is 2.11. The molecule has 0 bridgehead atoms. The van der Waals surface area contributed by atoms with Crippen molar-refractivity contribution in [1.29, 1.82) is 0 Å². The molecule has 0 aliphatic carbocycles. The SMILES string of the molecule is C=CCI.C=CC[C@H](C)[C@H](NC(=O)OCc1ccccc1)C(=O)OC.CC[C@H](NC(=O)OCc1ccccc1)C(=O)OC. The largest absolute Gasteiger partial charge is 0.467 e. The van der Waals surface area contributed by atoms with Crippen LogP contribution in [0.3, 0.4) is 0 Å². The van der Waals surface area contributed by atoms with E-state index in [-0.39, 0.29) is 19.1 Å². The standard InChI is InChI=1S/C16H21NO4.C13H17NO4.C3H5I/c1-4-8-12(2)14(15(18)20-3)17-16(19)21-11-13-9-6-5-7-10-13;1-3-11(12(15)17-2)14-13(16)18-9-10-7-5-4-6-8-10;1-2-3-4/h4-7,9-10,12,14H,1,8,11H2,2-3H3,(H,17,19);4-8,11H,3,9H2,1-2H3,(H,14,16);2H,1,3H2/t12-,14-;11-;/m00./s1. The van der Waals surface area contributed by atoms with E-state index in [0.29, 0.717) is 12.8 Å². The number of nitrogens with one attached hydrogen (secondary N) is 2. The molecule has 2 rings (SSSR count). The van der Waals surface area contributed by atoms with Crippen molar-refractivity contribution < 1.29 is 38.1 Å². The van der Waals surface area contributed by atoms with Gasteiger partial charge in [0.15, 0.2) is 0 Å². The Kier molecular flexibility index (Phi) is 22.5. The Balaban J connectivity index is 0.000000736. The topological polar surface area (TPSA) is 129 Å². The molecule has 0 unspecified atom stereocenters. The number of halogens is 1. The number of ether oxygens (including phenoxy) is 4. The van der Waals surface area contributed by atoms with Crippen molar-refractivity contribution in [3.8, 4) is 0 Å². The lowest BCUT2D eigenvalue weighted by Gasteiger charge is -2.21. The van der Waals surface area contributed by atoms with Crippen molar-refractivity contribution >= 4 is 46.7 Å². The first-order valence-electron chi connectivity index (χ1n) is 13.5. The molecule has 0 fully saturated rings. The number of methoxy groups -OCH3 is 2. The summed E-state index contributed by atoms with van der Waals surface area (Å²) in [7, 11) is 2.56. The third kappa shape index (κ3) is 18.3. The summed E-state index contributed by atoms with van der Waals surface area (Å²) < 4.78 is 20.4. The minimum Gasteiger partial charge on any atom is -0.467 e. The number of allylic oxidation sites excluding steroid dienone is 2. The average Bonchev–Trinajstić information content (AvgIpc) is 3.04. The first kappa shape index (κ1) is 39.1. The Morgan fingerprint density at radius 2 is 1.23 bits per heavy atom. The van der Waals surface area contributed by atoms with Crippen LogP contribution >= 0.6 is 22.6 Å². The Labute approximate surface area is 268 Å². The van der Waals surface area contributed by atoms with Crippen LogP contribution in [0.5, 0.6) is 0 Å². The van der Waals surface area contributed by atoms with Gasteiger partial charge in [0.25, 0.3) is 0 Å². The molecule has 3 atom stereocenters. The van der Waals surface area contributed by atoms with Gasteiger partial charge in [-0.25, -0.2) is 19.2 Å².